The smallest absolute Gasteiger partial charge is 0.221 e. The molecule has 0 amide bonds. The first-order valence-corrected chi connectivity index (χ1v) is 7.43. The largest absolute Gasteiger partial charge is 0.493 e. The van der Waals surface area contributed by atoms with Gasteiger partial charge in [-0.15, -0.1) is 11.6 Å². The molecule has 0 saturated heterocycles. The van der Waals surface area contributed by atoms with E-state index in [-0.39, 0.29) is 5.95 Å². The van der Waals surface area contributed by atoms with Gasteiger partial charge in [-0.05, 0) is 17.7 Å². The van der Waals surface area contributed by atoms with Crippen LogP contribution in [0, 0.1) is 0 Å². The van der Waals surface area contributed by atoms with Gasteiger partial charge in [0.05, 0.1) is 20.1 Å². The Kier molecular flexibility index (Phi) is 5.70. The molecule has 1 aromatic carbocycles. The topological polar surface area (TPSA) is 106 Å². The molecule has 0 aliphatic heterocycles. The minimum absolute atomic E-state index is 0.143. The zero-order chi connectivity index (χ0) is 16.8. The summed E-state index contributed by atoms with van der Waals surface area (Å²) in [5.41, 5.74) is 13.1. The molecule has 0 fully saturated rings. The average Bonchev–Trinajstić information content (AvgIpc) is 2.54. The number of hydrogen-bond acceptors (Lipinski definition) is 7. The van der Waals surface area contributed by atoms with E-state index in [0.717, 1.165) is 11.1 Å². The highest BCUT2D eigenvalue weighted by Crippen LogP contribution is 2.39. The number of nitrogens with two attached hydrogens (primary N) is 2. The molecule has 7 nitrogen and oxygen atoms in total. The predicted octanol–water partition coefficient (Wildman–Crippen LogP) is 1.87. The molecule has 0 aliphatic rings. The van der Waals surface area contributed by atoms with Gasteiger partial charge in [0.25, 0.3) is 0 Å². The Labute approximate surface area is 139 Å². The summed E-state index contributed by atoms with van der Waals surface area (Å²) in [4.78, 5) is 7.92. The third-order valence-electron chi connectivity index (χ3n) is 3.15. The van der Waals surface area contributed by atoms with Crippen molar-refractivity contribution in [2.75, 3.05) is 38.2 Å². The second-order valence-electron chi connectivity index (χ2n) is 4.68. The van der Waals surface area contributed by atoms with Crippen LogP contribution in [0.15, 0.2) is 18.3 Å². The van der Waals surface area contributed by atoms with E-state index in [4.69, 9.17) is 37.3 Å². The average molecular weight is 339 g/mol. The zero-order valence-corrected chi connectivity index (χ0v) is 13.8. The molecule has 8 heteroatoms. The third-order valence-corrected chi connectivity index (χ3v) is 3.30. The summed E-state index contributed by atoms with van der Waals surface area (Å²) >= 11 is 5.68. The quantitative estimate of drug-likeness (QED) is 0.742. The number of nitrogen functional groups attached to an aromatic ring is 2. The Bertz CT molecular complexity index is 682. The molecule has 23 heavy (non-hydrogen) atoms. The first kappa shape index (κ1) is 17.0. The summed E-state index contributed by atoms with van der Waals surface area (Å²) in [6, 6.07) is 3.70. The number of rotatable bonds is 7. The highest BCUT2D eigenvalue weighted by Gasteiger charge is 2.15. The van der Waals surface area contributed by atoms with Crippen LogP contribution in [-0.2, 0) is 6.42 Å². The maximum absolute atomic E-state index is 5.88. The van der Waals surface area contributed by atoms with E-state index in [9.17, 15) is 0 Å². The number of aromatic nitrogens is 2. The Hall–Kier alpha value is -2.41. The van der Waals surface area contributed by atoms with E-state index in [0.29, 0.717) is 42.0 Å². The van der Waals surface area contributed by atoms with E-state index >= 15 is 0 Å². The van der Waals surface area contributed by atoms with Crippen molar-refractivity contribution >= 4 is 23.4 Å². The van der Waals surface area contributed by atoms with Crippen LogP contribution in [0.4, 0.5) is 11.8 Å². The Morgan fingerprint density at radius 3 is 2.48 bits per heavy atom. The molecule has 2 aromatic rings. The first-order valence-electron chi connectivity index (χ1n) is 6.89. The van der Waals surface area contributed by atoms with E-state index in [1.54, 1.807) is 20.4 Å². The van der Waals surface area contributed by atoms with Crippen molar-refractivity contribution in [1.29, 1.82) is 0 Å². The van der Waals surface area contributed by atoms with Gasteiger partial charge in [-0.1, -0.05) is 0 Å². The van der Waals surface area contributed by atoms with Crippen molar-refractivity contribution in [3.05, 3.63) is 29.5 Å². The predicted molar refractivity (Wildman–Crippen MR) is 89.4 cm³/mol. The maximum atomic E-state index is 5.88. The number of anilines is 2. The number of halogens is 1. The molecule has 0 saturated carbocycles. The molecule has 4 N–H and O–H groups in total. The summed E-state index contributed by atoms with van der Waals surface area (Å²) in [5, 5.41) is 0. The molecular weight excluding hydrogens is 320 g/mol. The van der Waals surface area contributed by atoms with Gasteiger partial charge in [0.15, 0.2) is 11.5 Å². The van der Waals surface area contributed by atoms with Gasteiger partial charge in [-0.25, -0.2) is 4.98 Å². The fourth-order valence-electron chi connectivity index (χ4n) is 2.13. The van der Waals surface area contributed by atoms with Crippen molar-refractivity contribution in [3.8, 4) is 17.2 Å². The van der Waals surface area contributed by atoms with Gasteiger partial charge in [0, 0.05) is 18.2 Å². The summed E-state index contributed by atoms with van der Waals surface area (Å²) < 4.78 is 16.3. The van der Waals surface area contributed by atoms with Crippen molar-refractivity contribution < 1.29 is 14.2 Å². The Morgan fingerprint density at radius 2 is 1.87 bits per heavy atom. The van der Waals surface area contributed by atoms with Crippen molar-refractivity contribution in [3.63, 3.8) is 0 Å². The third kappa shape index (κ3) is 4.07. The Morgan fingerprint density at radius 1 is 1.13 bits per heavy atom. The molecule has 0 aliphatic carbocycles. The van der Waals surface area contributed by atoms with E-state index in [2.05, 4.69) is 9.97 Å². The molecule has 0 spiro atoms. The summed E-state index contributed by atoms with van der Waals surface area (Å²) in [6.45, 7) is 0.359. The highest BCUT2D eigenvalue weighted by molar-refractivity contribution is 6.18. The van der Waals surface area contributed by atoms with Crippen LogP contribution in [-0.4, -0.2) is 36.7 Å². The molecule has 124 valence electrons. The van der Waals surface area contributed by atoms with Gasteiger partial charge in [0.1, 0.15) is 12.4 Å². The van der Waals surface area contributed by atoms with Crippen LogP contribution >= 0.6 is 11.6 Å². The number of alkyl halides is 1. The second-order valence-corrected chi connectivity index (χ2v) is 5.06. The van der Waals surface area contributed by atoms with Crippen molar-refractivity contribution in [1.82, 2.24) is 9.97 Å². The lowest BCUT2D eigenvalue weighted by atomic mass is 10.1. The van der Waals surface area contributed by atoms with E-state index in [1.165, 1.54) is 0 Å². The summed E-state index contributed by atoms with van der Waals surface area (Å²) in [7, 11) is 3.12. The van der Waals surface area contributed by atoms with Gasteiger partial charge < -0.3 is 25.7 Å². The SMILES string of the molecule is COc1cc(Cc2cnc(N)nc2N)cc(OCCCl)c1OC. The number of hydrogen-bond donors (Lipinski definition) is 2. The highest BCUT2D eigenvalue weighted by atomic mass is 35.5. The van der Waals surface area contributed by atoms with Crippen LogP contribution in [0.3, 0.4) is 0 Å². The molecular formula is C15H19ClN4O3. The molecule has 0 radical (unpaired) electrons. The standard InChI is InChI=1S/C15H19ClN4O3/c1-21-11-6-9(5-10-8-19-15(18)20-14(10)17)7-12(13(11)22-2)23-4-3-16/h6-8H,3-5H2,1-2H3,(H4,17,18,19,20). The molecule has 1 heterocycles. The Balaban J connectivity index is 2.37. The van der Waals surface area contributed by atoms with Crippen LogP contribution in [0.1, 0.15) is 11.1 Å². The number of nitrogens with zero attached hydrogens (tertiary/aromatic N) is 2. The second kappa shape index (κ2) is 7.73. The van der Waals surface area contributed by atoms with Crippen LogP contribution in [0.5, 0.6) is 17.2 Å². The normalized spacial score (nSPS) is 10.4. The lowest BCUT2D eigenvalue weighted by molar-refractivity contribution is 0.297. The fourth-order valence-corrected chi connectivity index (χ4v) is 2.21. The number of benzene rings is 1. The van der Waals surface area contributed by atoms with E-state index in [1.807, 2.05) is 12.1 Å². The van der Waals surface area contributed by atoms with Crippen molar-refractivity contribution in [2.45, 2.75) is 6.42 Å². The van der Waals surface area contributed by atoms with Gasteiger partial charge in [-0.2, -0.15) is 4.98 Å². The van der Waals surface area contributed by atoms with Crippen molar-refractivity contribution in [2.24, 2.45) is 0 Å². The fraction of sp³-hybridized carbons (Fsp3) is 0.333. The number of ether oxygens (including phenoxy) is 3. The minimum atomic E-state index is 0.143. The monoisotopic (exact) mass is 338 g/mol. The molecule has 2 rings (SSSR count). The molecule has 0 bridgehead atoms. The summed E-state index contributed by atoms with van der Waals surface area (Å²) in [5.74, 6) is 2.49. The van der Waals surface area contributed by atoms with Gasteiger partial charge >= 0.3 is 0 Å². The zero-order valence-electron chi connectivity index (χ0n) is 13.0. The minimum Gasteiger partial charge on any atom is -0.493 e. The lowest BCUT2D eigenvalue weighted by Crippen LogP contribution is -2.05. The first-order chi connectivity index (χ1) is 11.1. The molecule has 1 aromatic heterocycles. The van der Waals surface area contributed by atoms with Crippen LogP contribution in [0.25, 0.3) is 0 Å². The van der Waals surface area contributed by atoms with Gasteiger partial charge in [0.2, 0.25) is 11.7 Å². The number of methoxy groups -OCH3 is 2. The van der Waals surface area contributed by atoms with Gasteiger partial charge in [-0.3, -0.25) is 0 Å². The maximum Gasteiger partial charge on any atom is 0.221 e. The van der Waals surface area contributed by atoms with E-state index < -0.39 is 0 Å². The summed E-state index contributed by atoms with van der Waals surface area (Å²) in [6.07, 6.45) is 2.11. The lowest BCUT2D eigenvalue weighted by Gasteiger charge is -2.15. The van der Waals surface area contributed by atoms with Crippen LogP contribution < -0.4 is 25.7 Å². The molecule has 0 atom stereocenters. The molecule has 0 unspecified atom stereocenters. The van der Waals surface area contributed by atoms with Crippen LogP contribution in [0.2, 0.25) is 0 Å².